The molecule has 2 atom stereocenters. The fourth-order valence-corrected chi connectivity index (χ4v) is 4.18. The molecule has 6 N–H and O–H groups in total. The van der Waals surface area contributed by atoms with Gasteiger partial charge in [0.2, 0.25) is 0 Å². The van der Waals surface area contributed by atoms with Crippen LogP contribution in [0.1, 0.15) is 48.7 Å². The molecule has 4 rings (SSSR count). The number of halogens is 1. The molecular formula is C22H28FN7O. The maximum absolute atomic E-state index is 14.7. The van der Waals surface area contributed by atoms with Crippen molar-refractivity contribution in [1.29, 1.82) is 0 Å². The number of aromatic nitrogens is 3. The predicted molar refractivity (Wildman–Crippen MR) is 120 cm³/mol. The maximum atomic E-state index is 14.7. The first kappa shape index (κ1) is 21.0. The van der Waals surface area contributed by atoms with E-state index in [-0.39, 0.29) is 29.3 Å². The lowest BCUT2D eigenvalue weighted by Crippen LogP contribution is -2.43. The van der Waals surface area contributed by atoms with Crippen molar-refractivity contribution in [2.24, 2.45) is 11.5 Å². The largest absolute Gasteiger partial charge is 0.365 e. The van der Waals surface area contributed by atoms with Crippen LogP contribution in [0.5, 0.6) is 0 Å². The minimum absolute atomic E-state index is 0.0166. The van der Waals surface area contributed by atoms with Gasteiger partial charge in [0.05, 0.1) is 16.8 Å². The first-order valence-corrected chi connectivity index (χ1v) is 10.6. The van der Waals surface area contributed by atoms with E-state index in [1.807, 2.05) is 36.7 Å². The second-order valence-corrected chi connectivity index (χ2v) is 8.04. The second-order valence-electron chi connectivity index (χ2n) is 8.04. The Morgan fingerprint density at radius 3 is 2.74 bits per heavy atom. The fraction of sp³-hybridized carbons (Fsp3) is 0.409. The summed E-state index contributed by atoms with van der Waals surface area (Å²) in [7, 11) is 0. The summed E-state index contributed by atoms with van der Waals surface area (Å²) in [6, 6.07) is 6.74. The summed E-state index contributed by atoms with van der Waals surface area (Å²) >= 11 is 0. The Morgan fingerprint density at radius 1 is 1.26 bits per heavy atom. The third kappa shape index (κ3) is 4.18. The number of nitrogens with zero attached hydrogens (tertiary/aromatic N) is 3. The number of carbonyl (C=O) groups is 1. The molecule has 0 spiro atoms. The number of rotatable bonds is 6. The van der Waals surface area contributed by atoms with Crippen LogP contribution in [-0.4, -0.2) is 32.8 Å². The normalized spacial score (nSPS) is 18.8. The Bertz CT molecular complexity index is 1130. The number of hydrogen-bond acceptors (Lipinski definition) is 6. The molecule has 9 heteroatoms. The molecule has 3 aromatic rings. The zero-order chi connectivity index (χ0) is 22.1. The van der Waals surface area contributed by atoms with E-state index >= 15 is 0 Å². The average Bonchev–Trinajstić information content (AvgIpc) is 3.07. The Kier molecular flexibility index (Phi) is 5.77. The fourth-order valence-electron chi connectivity index (χ4n) is 4.18. The van der Waals surface area contributed by atoms with Gasteiger partial charge < -0.3 is 22.1 Å². The molecular weight excluding hydrogens is 397 g/mol. The number of benzene rings is 1. The van der Waals surface area contributed by atoms with Crippen molar-refractivity contribution in [3.63, 3.8) is 0 Å². The van der Waals surface area contributed by atoms with Gasteiger partial charge in [0.1, 0.15) is 5.82 Å². The smallest absolute Gasteiger partial charge is 0.252 e. The summed E-state index contributed by atoms with van der Waals surface area (Å²) in [5, 5.41) is 11.8. The van der Waals surface area contributed by atoms with E-state index in [1.165, 1.54) is 0 Å². The van der Waals surface area contributed by atoms with E-state index in [4.69, 9.17) is 11.5 Å². The summed E-state index contributed by atoms with van der Waals surface area (Å²) in [5.74, 6) is -1.13. The summed E-state index contributed by atoms with van der Waals surface area (Å²) in [6.07, 6.45) is 3.83. The number of primary amides is 1. The number of nitrogens with two attached hydrogens (primary N) is 2. The van der Waals surface area contributed by atoms with Crippen LogP contribution in [0.25, 0.3) is 10.9 Å². The molecule has 31 heavy (non-hydrogen) atoms. The average molecular weight is 426 g/mol. The van der Waals surface area contributed by atoms with Crippen molar-refractivity contribution in [3.8, 4) is 0 Å². The maximum Gasteiger partial charge on any atom is 0.252 e. The van der Waals surface area contributed by atoms with Crippen molar-refractivity contribution in [3.05, 3.63) is 41.3 Å². The van der Waals surface area contributed by atoms with Crippen LogP contribution in [0.2, 0.25) is 0 Å². The van der Waals surface area contributed by atoms with Gasteiger partial charge in [-0.25, -0.2) is 9.37 Å². The zero-order valence-corrected chi connectivity index (χ0v) is 17.8. The lowest BCUT2D eigenvalue weighted by Gasteiger charge is -2.30. The van der Waals surface area contributed by atoms with Crippen LogP contribution >= 0.6 is 0 Å². The molecule has 8 nitrogen and oxygen atoms in total. The van der Waals surface area contributed by atoms with E-state index < -0.39 is 11.7 Å². The molecule has 2 heterocycles. The summed E-state index contributed by atoms with van der Waals surface area (Å²) < 4.78 is 16.6. The van der Waals surface area contributed by atoms with Crippen LogP contribution in [0.15, 0.2) is 24.3 Å². The van der Waals surface area contributed by atoms with Gasteiger partial charge in [0.15, 0.2) is 11.6 Å². The number of hydrogen-bond donors (Lipinski definition) is 4. The quantitative estimate of drug-likeness (QED) is 0.480. The Hall–Kier alpha value is -3.20. The Labute approximate surface area is 180 Å². The van der Waals surface area contributed by atoms with Gasteiger partial charge in [-0.15, -0.1) is 0 Å². The van der Waals surface area contributed by atoms with E-state index in [0.29, 0.717) is 5.69 Å². The molecule has 1 saturated carbocycles. The van der Waals surface area contributed by atoms with Gasteiger partial charge in [-0.3, -0.25) is 9.48 Å². The molecule has 1 aliphatic carbocycles. The number of anilines is 3. The highest BCUT2D eigenvalue weighted by molar-refractivity contribution is 5.99. The molecule has 0 aliphatic heterocycles. The minimum atomic E-state index is -0.758. The molecule has 2 aromatic heterocycles. The van der Waals surface area contributed by atoms with Crippen LogP contribution in [0, 0.1) is 12.7 Å². The molecule has 1 aromatic carbocycles. The third-order valence-corrected chi connectivity index (χ3v) is 5.88. The monoisotopic (exact) mass is 425 g/mol. The molecule has 0 bridgehead atoms. The SMILES string of the molecule is CCn1nc(C)c2cc(Nc3nc(N[C@@H]4CCCC[C@@H]4N)c(F)cc3C(N)=O)ccc21. The topological polar surface area (TPSA) is 124 Å². The van der Waals surface area contributed by atoms with Gasteiger partial charge in [-0.2, -0.15) is 5.10 Å². The van der Waals surface area contributed by atoms with Crippen LogP contribution < -0.4 is 22.1 Å². The molecule has 0 unspecified atom stereocenters. The summed E-state index contributed by atoms with van der Waals surface area (Å²) in [5.41, 5.74) is 14.3. The van der Waals surface area contributed by atoms with Crippen molar-refractivity contribution < 1.29 is 9.18 Å². The molecule has 1 aliphatic rings. The third-order valence-electron chi connectivity index (χ3n) is 5.88. The number of carbonyl (C=O) groups excluding carboxylic acids is 1. The Morgan fingerprint density at radius 2 is 2.03 bits per heavy atom. The molecule has 0 radical (unpaired) electrons. The van der Waals surface area contributed by atoms with Crippen LogP contribution in [0.3, 0.4) is 0 Å². The van der Waals surface area contributed by atoms with Crippen molar-refractivity contribution >= 4 is 34.1 Å². The molecule has 1 fully saturated rings. The highest BCUT2D eigenvalue weighted by Gasteiger charge is 2.24. The van der Waals surface area contributed by atoms with Crippen LogP contribution in [0.4, 0.5) is 21.7 Å². The number of amides is 1. The Balaban J connectivity index is 1.68. The molecule has 0 saturated heterocycles. The van der Waals surface area contributed by atoms with Crippen molar-refractivity contribution in [2.45, 2.75) is 58.2 Å². The van der Waals surface area contributed by atoms with Gasteiger partial charge in [-0.1, -0.05) is 12.8 Å². The molecule has 164 valence electrons. The molecule has 1 amide bonds. The van der Waals surface area contributed by atoms with Crippen LogP contribution in [-0.2, 0) is 6.54 Å². The first-order chi connectivity index (χ1) is 14.9. The van der Waals surface area contributed by atoms with E-state index in [1.54, 1.807) is 0 Å². The number of aryl methyl sites for hydroxylation is 2. The van der Waals surface area contributed by atoms with Gasteiger partial charge >= 0.3 is 0 Å². The summed E-state index contributed by atoms with van der Waals surface area (Å²) in [4.78, 5) is 16.3. The van der Waals surface area contributed by atoms with E-state index in [0.717, 1.165) is 54.9 Å². The van der Waals surface area contributed by atoms with Gasteiger partial charge in [0, 0.05) is 29.7 Å². The van der Waals surface area contributed by atoms with Gasteiger partial charge in [0.25, 0.3) is 5.91 Å². The van der Waals surface area contributed by atoms with Crippen molar-refractivity contribution in [1.82, 2.24) is 14.8 Å². The highest BCUT2D eigenvalue weighted by atomic mass is 19.1. The predicted octanol–water partition coefficient (Wildman–Crippen LogP) is 3.42. The zero-order valence-electron chi connectivity index (χ0n) is 17.8. The number of fused-ring (bicyclic) bond motifs is 1. The first-order valence-electron chi connectivity index (χ1n) is 10.6. The second kappa shape index (κ2) is 8.50. The lowest BCUT2D eigenvalue weighted by molar-refractivity contribution is 0.100. The number of pyridine rings is 1. The standard InChI is InChI=1S/C22H28FN7O/c1-3-30-19-9-8-13(10-14(19)12(2)29-30)26-21-15(20(25)31)11-16(23)22(28-21)27-18-7-5-4-6-17(18)24/h8-11,17-18H,3-7,24H2,1-2H3,(H2,25,31)(H2,26,27,28)/t17-,18+/m0/s1. The number of nitrogens with one attached hydrogen (secondary N) is 2. The van der Waals surface area contributed by atoms with Gasteiger partial charge in [-0.05, 0) is 51.0 Å². The lowest BCUT2D eigenvalue weighted by atomic mass is 9.91. The highest BCUT2D eigenvalue weighted by Crippen LogP contribution is 2.29. The van der Waals surface area contributed by atoms with E-state index in [2.05, 4.69) is 20.7 Å². The summed E-state index contributed by atoms with van der Waals surface area (Å²) in [6.45, 7) is 4.74. The van der Waals surface area contributed by atoms with E-state index in [9.17, 15) is 9.18 Å². The van der Waals surface area contributed by atoms with Crippen molar-refractivity contribution in [2.75, 3.05) is 10.6 Å². The minimum Gasteiger partial charge on any atom is -0.365 e.